The fraction of sp³-hybridized carbons (Fsp3) is 0.556. The fourth-order valence-electron chi connectivity index (χ4n) is 2.96. The summed E-state index contributed by atoms with van der Waals surface area (Å²) >= 11 is 6.35. The van der Waals surface area contributed by atoms with E-state index in [0.29, 0.717) is 6.92 Å². The van der Waals surface area contributed by atoms with Gasteiger partial charge in [-0.15, -0.1) is 0 Å². The van der Waals surface area contributed by atoms with Crippen molar-refractivity contribution in [1.82, 2.24) is 4.90 Å². The first-order valence-electron chi connectivity index (χ1n) is 9.29. The van der Waals surface area contributed by atoms with E-state index in [9.17, 15) is 36.3 Å². The topological polar surface area (TPSA) is 107 Å². The van der Waals surface area contributed by atoms with E-state index >= 15 is 0 Å². The lowest BCUT2D eigenvalue weighted by Crippen LogP contribution is -2.52. The molecular weight excluding hydrogens is 463 g/mol. The largest absolute Gasteiger partial charge is 0.426 e. The predicted molar refractivity (Wildman–Crippen MR) is 109 cm³/mol. The Balaban J connectivity index is 2.50. The van der Waals surface area contributed by atoms with Gasteiger partial charge in [0, 0.05) is 33.1 Å². The van der Waals surface area contributed by atoms with Crippen molar-refractivity contribution in [1.29, 1.82) is 0 Å². The molecule has 1 aliphatic heterocycles. The van der Waals surface area contributed by atoms with Gasteiger partial charge in [-0.05, 0) is 19.1 Å². The molecule has 31 heavy (non-hydrogen) atoms. The summed E-state index contributed by atoms with van der Waals surface area (Å²) in [5, 5.41) is 11.2. The summed E-state index contributed by atoms with van der Waals surface area (Å²) in [6.45, 7) is 4.16. The van der Waals surface area contributed by atoms with E-state index in [1.165, 1.54) is 13.8 Å². The van der Waals surface area contributed by atoms with Crippen LogP contribution in [-0.4, -0.2) is 73.9 Å². The Labute approximate surface area is 182 Å². The Morgan fingerprint density at radius 2 is 1.74 bits per heavy atom. The molecule has 13 heteroatoms. The second kappa shape index (κ2) is 8.83. The molecule has 8 nitrogen and oxygen atoms in total. The van der Waals surface area contributed by atoms with Crippen LogP contribution in [0.25, 0.3) is 0 Å². The molecule has 1 fully saturated rings. The summed E-state index contributed by atoms with van der Waals surface area (Å²) in [4.78, 5) is 26.6. The first kappa shape index (κ1) is 25.2. The molecule has 0 aromatic heterocycles. The van der Waals surface area contributed by atoms with Crippen molar-refractivity contribution in [2.45, 2.75) is 37.4 Å². The highest BCUT2D eigenvalue weighted by atomic mass is 35.5. The third-order valence-corrected chi connectivity index (χ3v) is 7.22. The monoisotopic (exact) mass is 485 g/mol. The second-order valence-electron chi connectivity index (χ2n) is 7.19. The number of anilines is 2. The van der Waals surface area contributed by atoms with Gasteiger partial charge in [-0.3, -0.25) is 9.59 Å². The highest BCUT2D eigenvalue weighted by Crippen LogP contribution is 2.40. The number of carbonyl (C=O) groups is 2. The lowest BCUT2D eigenvalue weighted by Gasteiger charge is -2.37. The van der Waals surface area contributed by atoms with Gasteiger partial charge in [0.05, 0.1) is 27.0 Å². The molecule has 1 aromatic rings. The maximum absolute atomic E-state index is 13.0. The number of hydrogen-bond acceptors (Lipinski definition) is 6. The quantitative estimate of drug-likeness (QED) is 0.661. The van der Waals surface area contributed by atoms with Crippen molar-refractivity contribution in [3.05, 3.63) is 17.2 Å². The Morgan fingerprint density at radius 1 is 1.19 bits per heavy atom. The molecule has 1 atom stereocenters. The summed E-state index contributed by atoms with van der Waals surface area (Å²) in [5.74, 6) is -2.17. The third kappa shape index (κ3) is 5.07. The number of carbonyl (C=O) groups excluding carboxylic acids is 2. The molecular formula is C18H23ClF3N3O5S. The molecule has 1 heterocycles. The molecule has 1 aliphatic rings. The number of piperazine rings is 1. The van der Waals surface area contributed by atoms with E-state index in [1.54, 1.807) is 9.80 Å². The second-order valence-corrected chi connectivity index (χ2v) is 9.82. The highest BCUT2D eigenvalue weighted by Gasteiger charge is 2.55. The van der Waals surface area contributed by atoms with Gasteiger partial charge < -0.3 is 20.2 Å². The van der Waals surface area contributed by atoms with Gasteiger partial charge in [-0.2, -0.15) is 13.2 Å². The van der Waals surface area contributed by atoms with Crippen LogP contribution in [0.15, 0.2) is 17.0 Å². The number of aliphatic hydroxyl groups is 1. The van der Waals surface area contributed by atoms with E-state index < -0.39 is 27.5 Å². The van der Waals surface area contributed by atoms with Gasteiger partial charge in [-0.1, -0.05) is 18.5 Å². The van der Waals surface area contributed by atoms with Crippen LogP contribution in [0.1, 0.15) is 20.8 Å². The Bertz CT molecular complexity index is 974. The number of nitrogens with one attached hydrogen (secondary N) is 1. The van der Waals surface area contributed by atoms with E-state index in [4.69, 9.17) is 11.6 Å². The van der Waals surface area contributed by atoms with E-state index in [0.717, 1.165) is 12.1 Å². The van der Waals surface area contributed by atoms with Crippen LogP contribution in [0.4, 0.5) is 24.5 Å². The molecule has 2 rings (SSSR count). The van der Waals surface area contributed by atoms with Gasteiger partial charge in [-0.25, -0.2) is 8.42 Å². The zero-order valence-electron chi connectivity index (χ0n) is 17.1. The Morgan fingerprint density at radius 3 is 2.19 bits per heavy atom. The van der Waals surface area contributed by atoms with Gasteiger partial charge in [0.2, 0.25) is 11.5 Å². The SMILES string of the molecule is CCS(=O)(=O)c1ccc(NC(=O)[C@@](C)(O)C(F)(F)F)c(Cl)c1N1CCN(C(C)=O)CC1. The number of benzene rings is 1. The molecule has 0 spiro atoms. The average Bonchev–Trinajstić information content (AvgIpc) is 2.68. The summed E-state index contributed by atoms with van der Waals surface area (Å²) in [7, 11) is -3.78. The van der Waals surface area contributed by atoms with Crippen molar-refractivity contribution in [2.24, 2.45) is 0 Å². The molecule has 1 saturated heterocycles. The molecule has 1 aromatic carbocycles. The van der Waals surface area contributed by atoms with Crippen LogP contribution in [-0.2, 0) is 19.4 Å². The van der Waals surface area contributed by atoms with E-state index in [-0.39, 0.29) is 59.1 Å². The minimum absolute atomic E-state index is 0.0242. The molecule has 0 radical (unpaired) electrons. The third-order valence-electron chi connectivity index (χ3n) is 5.08. The maximum Gasteiger partial charge on any atom is 0.426 e. The first-order chi connectivity index (χ1) is 14.1. The summed E-state index contributed by atoms with van der Waals surface area (Å²) in [6, 6.07) is 2.22. The first-order valence-corrected chi connectivity index (χ1v) is 11.3. The molecule has 2 N–H and O–H groups in total. The van der Waals surface area contributed by atoms with Crippen LogP contribution in [0.2, 0.25) is 5.02 Å². The van der Waals surface area contributed by atoms with Crippen molar-refractivity contribution in [3.8, 4) is 0 Å². The van der Waals surface area contributed by atoms with Gasteiger partial charge in [0.15, 0.2) is 9.84 Å². The van der Waals surface area contributed by atoms with Crippen LogP contribution in [0.3, 0.4) is 0 Å². The van der Waals surface area contributed by atoms with Crippen LogP contribution in [0.5, 0.6) is 0 Å². The smallest absolute Gasteiger partial charge is 0.373 e. The number of sulfone groups is 1. The zero-order chi connectivity index (χ0) is 23.8. The lowest BCUT2D eigenvalue weighted by molar-refractivity contribution is -0.242. The van der Waals surface area contributed by atoms with Gasteiger partial charge in [0.1, 0.15) is 0 Å². The van der Waals surface area contributed by atoms with Crippen molar-refractivity contribution < 1.29 is 36.3 Å². The Hall–Kier alpha value is -2.05. The predicted octanol–water partition coefficient (Wildman–Crippen LogP) is 2.05. The molecule has 0 unspecified atom stereocenters. The summed E-state index contributed by atoms with van der Waals surface area (Å²) < 4.78 is 64.1. The average molecular weight is 486 g/mol. The summed E-state index contributed by atoms with van der Waals surface area (Å²) in [5.41, 5.74) is -3.94. The number of alkyl halides is 3. The number of rotatable bonds is 5. The van der Waals surface area contributed by atoms with E-state index in [1.807, 2.05) is 5.32 Å². The fourth-order valence-corrected chi connectivity index (χ4v) is 4.46. The van der Waals surface area contributed by atoms with Crippen molar-refractivity contribution >= 4 is 44.6 Å². The van der Waals surface area contributed by atoms with Crippen molar-refractivity contribution in [2.75, 3.05) is 42.1 Å². The van der Waals surface area contributed by atoms with E-state index in [2.05, 4.69) is 0 Å². The maximum atomic E-state index is 13.0. The Kier molecular flexibility index (Phi) is 7.18. The van der Waals surface area contributed by atoms with Crippen molar-refractivity contribution in [3.63, 3.8) is 0 Å². The normalized spacial score (nSPS) is 17.3. The van der Waals surface area contributed by atoms with Crippen LogP contribution in [0, 0.1) is 0 Å². The standard InChI is InChI=1S/C18H23ClF3N3O5S/c1-4-31(29,30)13-6-5-12(23-16(27)17(3,28)18(20,21)22)14(19)15(13)25-9-7-24(8-10-25)11(2)26/h5-6,28H,4,7-10H2,1-3H3,(H,23,27)/t17-/m1/s1. The highest BCUT2D eigenvalue weighted by molar-refractivity contribution is 7.91. The minimum Gasteiger partial charge on any atom is -0.373 e. The molecule has 0 bridgehead atoms. The lowest BCUT2D eigenvalue weighted by atomic mass is 10.1. The number of hydrogen-bond donors (Lipinski definition) is 2. The summed E-state index contributed by atoms with van der Waals surface area (Å²) in [6.07, 6.45) is -5.24. The molecule has 0 saturated carbocycles. The number of amides is 2. The molecule has 2 amide bonds. The number of nitrogens with zero attached hydrogens (tertiary/aromatic N) is 2. The minimum atomic E-state index is -5.24. The van der Waals surface area contributed by atoms with Gasteiger partial charge in [0.25, 0.3) is 5.91 Å². The zero-order valence-corrected chi connectivity index (χ0v) is 18.7. The van der Waals surface area contributed by atoms with Crippen LogP contribution >= 0.6 is 11.6 Å². The molecule has 174 valence electrons. The molecule has 0 aliphatic carbocycles. The van der Waals surface area contributed by atoms with Crippen LogP contribution < -0.4 is 10.2 Å². The number of halogens is 4. The van der Waals surface area contributed by atoms with Gasteiger partial charge >= 0.3 is 6.18 Å².